The molecule has 0 N–H and O–H groups in total. The Morgan fingerprint density at radius 3 is 3.08 bits per heavy atom. The summed E-state index contributed by atoms with van der Waals surface area (Å²) in [4.78, 5) is 0. The zero-order chi connectivity index (χ0) is 8.55. The normalized spacial score (nSPS) is 41.4. The van der Waals surface area contributed by atoms with Crippen molar-refractivity contribution in [3.05, 3.63) is 21.9 Å². The van der Waals surface area contributed by atoms with Crippen LogP contribution in [0.4, 0.5) is 0 Å². The van der Waals surface area contributed by atoms with Crippen LogP contribution in [0.1, 0.15) is 26.2 Å². The summed E-state index contributed by atoms with van der Waals surface area (Å²) in [5.41, 5.74) is 1.41. The van der Waals surface area contributed by atoms with Gasteiger partial charge in [-0.05, 0) is 43.6 Å². The number of allylic oxidation sites excluding steroid dienone is 2. The largest absolute Gasteiger partial charge is 0.498 e. The van der Waals surface area contributed by atoms with Crippen LogP contribution in [-0.2, 0) is 0 Å². The van der Waals surface area contributed by atoms with Crippen molar-refractivity contribution in [1.82, 2.24) is 0 Å². The zero-order valence-electron chi connectivity index (χ0n) is 7.29. The molecule has 2 saturated carbocycles. The molecule has 0 saturated heterocycles. The molecule has 2 heteroatoms. The molecule has 0 aromatic rings. The average molecular weight is 163 g/mol. The van der Waals surface area contributed by atoms with E-state index in [2.05, 4.69) is 24.1 Å². The fourth-order valence-electron chi connectivity index (χ4n) is 2.80. The van der Waals surface area contributed by atoms with E-state index >= 15 is 0 Å². The first-order valence-electron chi connectivity index (χ1n) is 4.60. The van der Waals surface area contributed by atoms with Gasteiger partial charge in [-0.3, -0.25) is 0 Å². The molecule has 0 aromatic carbocycles. The predicted octanol–water partition coefficient (Wildman–Crippen LogP) is 2.81. The summed E-state index contributed by atoms with van der Waals surface area (Å²) in [5.74, 6) is 1.66. The molecule has 0 heterocycles. The highest BCUT2D eigenvalue weighted by Crippen LogP contribution is 2.51. The molecule has 0 aromatic heterocycles. The van der Waals surface area contributed by atoms with Crippen LogP contribution >= 0.6 is 0 Å². The van der Waals surface area contributed by atoms with E-state index in [9.17, 15) is 5.21 Å². The lowest BCUT2D eigenvalue weighted by Crippen LogP contribution is -2.11. The monoisotopic (exact) mass is 163 g/mol. The molecule has 2 fully saturated rings. The molecule has 2 nitrogen and oxygen atoms in total. The summed E-state index contributed by atoms with van der Waals surface area (Å²) in [7, 11) is 0. The maximum Gasteiger partial charge on any atom is 0.306 e. The van der Waals surface area contributed by atoms with Crippen LogP contribution in [0.2, 0.25) is 0 Å². The Hall–Kier alpha value is -0.970. The molecule has 12 heavy (non-hydrogen) atoms. The first kappa shape index (κ1) is 7.67. The molecule has 3 unspecified atom stereocenters. The van der Waals surface area contributed by atoms with E-state index in [-0.39, 0.29) is 5.92 Å². The van der Waals surface area contributed by atoms with Gasteiger partial charge in [0.25, 0.3) is 0 Å². The summed E-state index contributed by atoms with van der Waals surface area (Å²) in [6.45, 7) is 2.05. The third-order valence-corrected chi connectivity index (χ3v) is 3.30. The van der Waals surface area contributed by atoms with Crippen molar-refractivity contribution < 1.29 is 0 Å². The van der Waals surface area contributed by atoms with Gasteiger partial charge in [0.05, 0.1) is 0 Å². The first-order chi connectivity index (χ1) is 5.86. The van der Waals surface area contributed by atoms with Crippen molar-refractivity contribution >= 4 is 0 Å². The van der Waals surface area contributed by atoms with Crippen LogP contribution in [-0.4, -0.2) is 0 Å². The van der Waals surface area contributed by atoms with Crippen molar-refractivity contribution in [2.24, 2.45) is 17.8 Å². The molecular weight excluding hydrogens is 150 g/mol. The minimum Gasteiger partial charge on any atom is -0.498 e. The minimum atomic E-state index is 0.256. The summed E-state index contributed by atoms with van der Waals surface area (Å²) in [5, 5.41) is 12.9. The fraction of sp³-hybridized carbons (Fsp3) is 0.700. The average Bonchev–Trinajstić information content (AvgIpc) is 2.64. The van der Waals surface area contributed by atoms with Crippen LogP contribution < -0.4 is 0 Å². The molecular formula is C10H13NO. The first-order valence-corrected chi connectivity index (χ1v) is 4.60. The second-order valence-electron chi connectivity index (χ2n) is 3.76. The van der Waals surface area contributed by atoms with Crippen molar-refractivity contribution in [2.45, 2.75) is 26.2 Å². The quantitative estimate of drug-likeness (QED) is 0.398. The van der Waals surface area contributed by atoms with E-state index in [1.165, 1.54) is 24.8 Å². The zero-order valence-corrected chi connectivity index (χ0v) is 7.29. The van der Waals surface area contributed by atoms with Crippen molar-refractivity contribution in [1.29, 1.82) is 0 Å². The van der Waals surface area contributed by atoms with Crippen molar-refractivity contribution in [3.63, 3.8) is 0 Å². The Bertz CT molecular complexity index is 271. The highest BCUT2D eigenvalue weighted by Gasteiger charge is 2.45. The van der Waals surface area contributed by atoms with E-state index in [1.54, 1.807) is 0 Å². The molecule has 2 aliphatic rings. The Morgan fingerprint density at radius 2 is 2.42 bits per heavy atom. The summed E-state index contributed by atoms with van der Waals surface area (Å²) in [6.07, 6.45) is 5.97. The van der Waals surface area contributed by atoms with E-state index in [0.29, 0.717) is 5.92 Å². The van der Waals surface area contributed by atoms with Crippen LogP contribution in [0.3, 0.4) is 0 Å². The van der Waals surface area contributed by atoms with Gasteiger partial charge in [-0.2, -0.15) is 0 Å². The van der Waals surface area contributed by atoms with Gasteiger partial charge < -0.3 is 5.21 Å². The standard InChI is InChI=1S/C10H13NO/c1-2-9-7-3-4-8(5-7)10(9)6-11-12/h2,7-8,10H,3-5H2,1H3. The second-order valence-corrected chi connectivity index (χ2v) is 3.76. The molecule has 2 aliphatic carbocycles. The SMILES string of the molecule is CC=C1C2CCC(C2)C1C#[N+][O-]. The molecule has 0 radical (unpaired) electrons. The van der Waals surface area contributed by atoms with Gasteiger partial charge in [-0.1, -0.05) is 6.08 Å². The maximum absolute atomic E-state index is 10.1. The highest BCUT2D eigenvalue weighted by molar-refractivity contribution is 5.28. The van der Waals surface area contributed by atoms with Crippen molar-refractivity contribution in [2.75, 3.05) is 0 Å². The fourth-order valence-corrected chi connectivity index (χ4v) is 2.80. The third kappa shape index (κ3) is 0.929. The van der Waals surface area contributed by atoms with E-state index < -0.39 is 0 Å². The van der Waals surface area contributed by atoms with Gasteiger partial charge in [-0.25, -0.2) is 0 Å². The molecule has 0 spiro atoms. The van der Waals surface area contributed by atoms with Gasteiger partial charge in [-0.15, -0.1) is 0 Å². The van der Waals surface area contributed by atoms with Gasteiger partial charge in [0.15, 0.2) is 0 Å². The Labute approximate surface area is 72.7 Å². The Morgan fingerprint density at radius 1 is 1.58 bits per heavy atom. The van der Waals surface area contributed by atoms with Crippen LogP contribution in [0, 0.1) is 29.0 Å². The molecule has 0 amide bonds. The van der Waals surface area contributed by atoms with Crippen molar-refractivity contribution in [3.8, 4) is 6.07 Å². The Balaban J connectivity index is 2.26. The molecule has 2 rings (SSSR count). The molecule has 3 atom stereocenters. The van der Waals surface area contributed by atoms with Gasteiger partial charge in [0, 0.05) is 5.01 Å². The van der Waals surface area contributed by atoms with Crippen LogP contribution in [0.15, 0.2) is 11.6 Å². The lowest BCUT2D eigenvalue weighted by atomic mass is 9.85. The van der Waals surface area contributed by atoms with E-state index in [1.807, 2.05) is 0 Å². The summed E-state index contributed by atoms with van der Waals surface area (Å²) in [6, 6.07) is 2.68. The smallest absolute Gasteiger partial charge is 0.306 e. The number of rotatable bonds is 0. The number of hydrogen-bond donors (Lipinski definition) is 0. The topological polar surface area (TPSA) is 27.4 Å². The Kier molecular flexibility index (Phi) is 1.80. The lowest BCUT2D eigenvalue weighted by molar-refractivity contribution is 0.482. The summed E-state index contributed by atoms with van der Waals surface area (Å²) < 4.78 is 0. The predicted molar refractivity (Wildman–Crippen MR) is 48.7 cm³/mol. The van der Waals surface area contributed by atoms with Gasteiger partial charge in [0.2, 0.25) is 0 Å². The number of fused-ring (bicyclic) bond motifs is 2. The minimum absolute atomic E-state index is 0.256. The second kappa shape index (κ2) is 2.82. The van der Waals surface area contributed by atoms with E-state index in [4.69, 9.17) is 0 Å². The van der Waals surface area contributed by atoms with Crippen LogP contribution in [0.5, 0.6) is 0 Å². The van der Waals surface area contributed by atoms with Crippen LogP contribution in [0.25, 0.3) is 5.01 Å². The maximum atomic E-state index is 10.1. The number of nitrogens with zero attached hydrogens (tertiary/aromatic N) is 1. The summed E-state index contributed by atoms with van der Waals surface area (Å²) >= 11 is 0. The van der Waals surface area contributed by atoms with E-state index in [0.717, 1.165) is 5.92 Å². The lowest BCUT2D eigenvalue weighted by Gasteiger charge is -2.15. The molecule has 64 valence electrons. The number of hydrogen-bond acceptors (Lipinski definition) is 1. The molecule has 2 bridgehead atoms. The van der Waals surface area contributed by atoms with Gasteiger partial charge in [0.1, 0.15) is 5.92 Å². The molecule has 0 aliphatic heterocycles. The highest BCUT2D eigenvalue weighted by atomic mass is 16.4. The van der Waals surface area contributed by atoms with Gasteiger partial charge >= 0.3 is 6.07 Å². The third-order valence-electron chi connectivity index (χ3n) is 3.30.